The van der Waals surface area contributed by atoms with E-state index in [0.29, 0.717) is 10.1 Å². The van der Waals surface area contributed by atoms with Crippen LogP contribution in [0.2, 0.25) is 5.02 Å². The van der Waals surface area contributed by atoms with Gasteiger partial charge in [0, 0.05) is 24.3 Å². The van der Waals surface area contributed by atoms with Crippen LogP contribution in [0.1, 0.15) is 5.56 Å². The summed E-state index contributed by atoms with van der Waals surface area (Å²) < 4.78 is 10.6. The van der Waals surface area contributed by atoms with Crippen LogP contribution in [0, 0.1) is 0 Å². The second-order valence-electron chi connectivity index (χ2n) is 5.30. The summed E-state index contributed by atoms with van der Waals surface area (Å²) >= 11 is 11.3. The molecule has 0 unspecified atom stereocenters. The van der Waals surface area contributed by atoms with Crippen LogP contribution in [0.25, 0.3) is 0 Å². The molecule has 0 aromatic heterocycles. The number of halogens is 1. The molecule has 0 aliphatic carbocycles. The summed E-state index contributed by atoms with van der Waals surface area (Å²) in [6.07, 6.45) is 0.847. The average Bonchev–Trinajstić information content (AvgIpc) is 2.61. The fourth-order valence-electron chi connectivity index (χ4n) is 2.19. The molecule has 0 aliphatic rings. The number of benzene rings is 2. The van der Waals surface area contributed by atoms with Crippen LogP contribution in [0.4, 0.5) is 5.69 Å². The molecule has 4 nitrogen and oxygen atoms in total. The van der Waals surface area contributed by atoms with Crippen LogP contribution in [-0.2, 0) is 6.42 Å². The van der Waals surface area contributed by atoms with Gasteiger partial charge in [0.25, 0.3) is 0 Å². The van der Waals surface area contributed by atoms with E-state index in [-0.39, 0.29) is 0 Å². The lowest BCUT2D eigenvalue weighted by atomic mass is 10.1. The maximum Gasteiger partial charge on any atom is 0.173 e. The first-order valence-electron chi connectivity index (χ1n) is 7.52. The van der Waals surface area contributed by atoms with E-state index in [0.717, 1.165) is 35.7 Å². The van der Waals surface area contributed by atoms with Gasteiger partial charge in [-0.1, -0.05) is 17.7 Å². The Balaban J connectivity index is 1.91. The zero-order valence-corrected chi connectivity index (χ0v) is 15.6. The lowest BCUT2D eigenvalue weighted by molar-refractivity contribution is 0.354. The van der Waals surface area contributed by atoms with Crippen LogP contribution in [0.3, 0.4) is 0 Å². The molecule has 0 atom stereocenters. The SMILES string of the molecule is COc1ccc(CCN(C)C(=S)Nc2ccc(Cl)cc2)cc1OC. The van der Waals surface area contributed by atoms with E-state index in [4.69, 9.17) is 33.3 Å². The summed E-state index contributed by atoms with van der Waals surface area (Å²) in [6.45, 7) is 0.787. The summed E-state index contributed by atoms with van der Waals surface area (Å²) in [7, 11) is 5.23. The first-order valence-corrected chi connectivity index (χ1v) is 8.30. The molecule has 0 amide bonds. The van der Waals surface area contributed by atoms with Crippen molar-refractivity contribution in [3.63, 3.8) is 0 Å². The van der Waals surface area contributed by atoms with E-state index >= 15 is 0 Å². The van der Waals surface area contributed by atoms with Crippen molar-refractivity contribution in [1.29, 1.82) is 0 Å². The number of nitrogens with zero attached hydrogens (tertiary/aromatic N) is 1. The minimum atomic E-state index is 0.665. The van der Waals surface area contributed by atoms with E-state index < -0.39 is 0 Å². The third-order valence-corrected chi connectivity index (χ3v) is 4.29. The van der Waals surface area contributed by atoms with Crippen molar-refractivity contribution in [3.05, 3.63) is 53.1 Å². The molecule has 24 heavy (non-hydrogen) atoms. The lowest BCUT2D eigenvalue weighted by Gasteiger charge is -2.21. The summed E-state index contributed by atoms with van der Waals surface area (Å²) in [4.78, 5) is 2.00. The van der Waals surface area contributed by atoms with Crippen molar-refractivity contribution >= 4 is 34.6 Å². The topological polar surface area (TPSA) is 33.7 Å². The lowest BCUT2D eigenvalue weighted by Crippen LogP contribution is -2.32. The fourth-order valence-corrected chi connectivity index (χ4v) is 2.52. The van der Waals surface area contributed by atoms with Gasteiger partial charge in [0.05, 0.1) is 14.2 Å². The Morgan fingerprint density at radius 1 is 1.08 bits per heavy atom. The molecule has 0 aliphatic heterocycles. The standard InChI is InChI=1S/C18H21ClN2O2S/c1-21(18(24)20-15-7-5-14(19)6-8-15)11-10-13-4-9-16(22-2)17(12-13)23-3/h4-9,12H,10-11H2,1-3H3,(H,20,24). The highest BCUT2D eigenvalue weighted by atomic mass is 35.5. The molecule has 6 heteroatoms. The van der Waals surface area contributed by atoms with Crippen molar-refractivity contribution < 1.29 is 9.47 Å². The summed E-state index contributed by atoms with van der Waals surface area (Å²) in [6, 6.07) is 13.4. The number of hydrogen-bond donors (Lipinski definition) is 1. The van der Waals surface area contributed by atoms with Crippen LogP contribution in [0.15, 0.2) is 42.5 Å². The van der Waals surface area contributed by atoms with Crippen molar-refractivity contribution in [2.45, 2.75) is 6.42 Å². The number of nitrogens with one attached hydrogen (secondary N) is 1. The zero-order chi connectivity index (χ0) is 17.5. The first kappa shape index (κ1) is 18.4. The number of anilines is 1. The van der Waals surface area contributed by atoms with Gasteiger partial charge >= 0.3 is 0 Å². The second kappa shape index (κ2) is 8.76. The highest BCUT2D eigenvalue weighted by molar-refractivity contribution is 7.80. The van der Waals surface area contributed by atoms with Crippen LogP contribution < -0.4 is 14.8 Å². The predicted molar refractivity (Wildman–Crippen MR) is 104 cm³/mol. The average molecular weight is 365 g/mol. The van der Waals surface area contributed by atoms with Crippen molar-refractivity contribution in [1.82, 2.24) is 4.90 Å². The quantitative estimate of drug-likeness (QED) is 0.776. The molecule has 0 saturated carbocycles. The fraction of sp³-hybridized carbons (Fsp3) is 0.278. The number of ether oxygens (including phenoxy) is 2. The van der Waals surface area contributed by atoms with E-state index in [1.165, 1.54) is 0 Å². The Kier molecular flexibility index (Phi) is 6.70. The molecule has 2 rings (SSSR count). The molecule has 0 spiro atoms. The maximum atomic E-state index is 5.88. The third-order valence-electron chi connectivity index (χ3n) is 3.63. The van der Waals surface area contributed by atoms with Gasteiger partial charge in [-0.2, -0.15) is 0 Å². The smallest absolute Gasteiger partial charge is 0.173 e. The summed E-state index contributed by atoms with van der Waals surface area (Å²) in [5, 5.41) is 4.57. The van der Waals surface area contributed by atoms with Crippen LogP contribution in [-0.4, -0.2) is 37.8 Å². The normalized spacial score (nSPS) is 10.2. The molecule has 0 radical (unpaired) electrons. The number of likely N-dealkylation sites (N-methyl/N-ethyl adjacent to an activating group) is 1. The van der Waals surface area contributed by atoms with Gasteiger partial charge in [0.15, 0.2) is 16.6 Å². The molecule has 0 saturated heterocycles. The maximum absolute atomic E-state index is 5.88. The Bertz CT molecular complexity index is 692. The van der Waals surface area contributed by atoms with E-state index in [1.807, 2.05) is 54.4 Å². The zero-order valence-electron chi connectivity index (χ0n) is 14.0. The van der Waals surface area contributed by atoms with Crippen LogP contribution in [0.5, 0.6) is 11.5 Å². The monoisotopic (exact) mass is 364 g/mol. The van der Waals surface area contributed by atoms with Gasteiger partial charge in [-0.05, 0) is 60.6 Å². The van der Waals surface area contributed by atoms with Crippen molar-refractivity contribution in [2.75, 3.05) is 33.1 Å². The Hall–Kier alpha value is -1.98. The highest BCUT2D eigenvalue weighted by Gasteiger charge is 2.08. The number of rotatable bonds is 6. The minimum Gasteiger partial charge on any atom is -0.493 e. The van der Waals surface area contributed by atoms with Gasteiger partial charge in [0.1, 0.15) is 0 Å². The molecule has 2 aromatic carbocycles. The highest BCUT2D eigenvalue weighted by Crippen LogP contribution is 2.27. The third kappa shape index (κ3) is 5.01. The molecule has 0 fully saturated rings. The largest absolute Gasteiger partial charge is 0.493 e. The van der Waals surface area contributed by atoms with Crippen LogP contribution >= 0.6 is 23.8 Å². The Morgan fingerprint density at radius 2 is 1.75 bits per heavy atom. The molecular formula is C18H21ClN2O2S. The first-order chi connectivity index (χ1) is 11.5. The van der Waals surface area contributed by atoms with E-state index in [9.17, 15) is 0 Å². The minimum absolute atomic E-state index is 0.665. The van der Waals surface area contributed by atoms with Gasteiger partial charge in [0.2, 0.25) is 0 Å². The van der Waals surface area contributed by atoms with Gasteiger partial charge < -0.3 is 19.7 Å². The summed E-state index contributed by atoms with van der Waals surface area (Å²) in [5.41, 5.74) is 2.08. The second-order valence-corrected chi connectivity index (χ2v) is 6.12. The van der Waals surface area contributed by atoms with E-state index in [2.05, 4.69) is 5.32 Å². The van der Waals surface area contributed by atoms with Gasteiger partial charge in [-0.25, -0.2) is 0 Å². The van der Waals surface area contributed by atoms with Crippen molar-refractivity contribution in [3.8, 4) is 11.5 Å². The molecule has 128 valence electrons. The van der Waals surface area contributed by atoms with Gasteiger partial charge in [-0.3, -0.25) is 0 Å². The molecule has 1 N–H and O–H groups in total. The van der Waals surface area contributed by atoms with Gasteiger partial charge in [-0.15, -0.1) is 0 Å². The number of hydrogen-bond acceptors (Lipinski definition) is 3. The molecule has 2 aromatic rings. The summed E-state index contributed by atoms with van der Waals surface area (Å²) in [5.74, 6) is 1.47. The van der Waals surface area contributed by atoms with Crippen molar-refractivity contribution in [2.24, 2.45) is 0 Å². The molecule has 0 heterocycles. The molecule has 0 bridgehead atoms. The number of methoxy groups -OCH3 is 2. The number of thiocarbonyl (C=S) groups is 1. The van der Waals surface area contributed by atoms with E-state index in [1.54, 1.807) is 14.2 Å². The Morgan fingerprint density at radius 3 is 2.38 bits per heavy atom. The molecular weight excluding hydrogens is 344 g/mol. The predicted octanol–water partition coefficient (Wildman–Crippen LogP) is 4.23. The Labute approximate surface area is 153 Å².